The molecular formula is C49H58N4O12S4. The molecule has 4 aliphatic rings. The SMILES string of the molecule is CC(C)(C)OC(=O)N1CC=C(c2ccc(S(=O)(=O)N[C@@]3(C(=O)O)CC3c3ccccc3)s2)CC1.COC(=O)[C@]1(NS(=O)(=O)c2ccc(C3=CCN(C(=O)OC(C)(C)C)CC3)s2)CC1c1ccccc1. The van der Waals surface area contributed by atoms with Crippen molar-refractivity contribution < 1.29 is 55.3 Å². The molecule has 3 N–H and O–H groups in total. The van der Waals surface area contributed by atoms with Crippen LogP contribution in [-0.4, -0.2) is 111 Å². The molecule has 0 spiro atoms. The number of methoxy groups -OCH3 is 1. The van der Waals surface area contributed by atoms with E-state index in [0.29, 0.717) is 45.4 Å². The molecule has 0 radical (unpaired) electrons. The van der Waals surface area contributed by atoms with Crippen molar-refractivity contribution in [2.24, 2.45) is 0 Å². The molecular weight excluding hydrogens is 965 g/mol. The van der Waals surface area contributed by atoms with E-state index < -0.39 is 60.2 Å². The van der Waals surface area contributed by atoms with Gasteiger partial charge in [0, 0.05) is 47.8 Å². The molecule has 2 unspecified atom stereocenters. The van der Waals surface area contributed by atoms with Crippen LogP contribution in [0.5, 0.6) is 0 Å². The Balaban J connectivity index is 0.000000204. The fourth-order valence-electron chi connectivity index (χ4n) is 8.28. The average molecular weight is 1020 g/mol. The Labute approximate surface area is 411 Å². The first-order valence-electron chi connectivity index (χ1n) is 22.4. The van der Waals surface area contributed by atoms with Crippen molar-refractivity contribution in [1.82, 2.24) is 19.2 Å². The number of aliphatic carboxylic acids is 1. The van der Waals surface area contributed by atoms with Crippen molar-refractivity contribution in [3.63, 3.8) is 0 Å². The number of sulfonamides is 2. The highest BCUT2D eigenvalue weighted by Gasteiger charge is 2.64. The predicted octanol–water partition coefficient (Wildman–Crippen LogP) is 8.21. The molecule has 2 saturated carbocycles. The van der Waals surface area contributed by atoms with Crippen molar-refractivity contribution in [3.8, 4) is 0 Å². The third-order valence-electron chi connectivity index (χ3n) is 11.9. The van der Waals surface area contributed by atoms with Gasteiger partial charge in [-0.1, -0.05) is 72.8 Å². The first kappa shape index (κ1) is 51.5. The predicted molar refractivity (Wildman–Crippen MR) is 263 cm³/mol. The lowest BCUT2D eigenvalue weighted by Gasteiger charge is -2.29. The average Bonchev–Trinajstić information content (AvgIpc) is 4.00. The zero-order chi connectivity index (χ0) is 50.2. The third kappa shape index (κ3) is 12.0. The van der Waals surface area contributed by atoms with Gasteiger partial charge >= 0.3 is 24.1 Å². The molecule has 69 heavy (non-hydrogen) atoms. The Bertz CT molecular complexity index is 2870. The first-order chi connectivity index (χ1) is 32.4. The molecule has 2 amide bonds. The summed E-state index contributed by atoms with van der Waals surface area (Å²) in [7, 11) is -6.72. The highest BCUT2D eigenvalue weighted by Crippen LogP contribution is 2.54. The smallest absolute Gasteiger partial charge is 0.410 e. The minimum atomic E-state index is -4.03. The van der Waals surface area contributed by atoms with E-state index in [1.807, 2.05) is 114 Å². The van der Waals surface area contributed by atoms with Crippen molar-refractivity contribution >= 4 is 78.0 Å². The summed E-state index contributed by atoms with van der Waals surface area (Å²) in [6, 6.07) is 24.9. The largest absolute Gasteiger partial charge is 0.480 e. The standard InChI is InChI=1S/C25H30N2O6S2.C24H28N2O6S2/c1-24(2,3)33-23(29)27-14-12-18(13-15-27)20-10-11-21(34-20)35(30,31)26-25(22(28)32-4)16-19(25)17-8-6-5-7-9-17;1-23(2,3)32-22(29)26-13-11-17(12-14-26)19-9-10-20(33-19)34(30,31)25-24(21(27)28)15-18(24)16-7-5-4-6-8-16/h5-12,19,26H,13-16H2,1-4H3;4-11,18,25H,12-15H2,1-3H3,(H,27,28)/t19?,25-;18?,24-/m00/s1. The maximum atomic E-state index is 13.3. The van der Waals surface area contributed by atoms with E-state index in [9.17, 15) is 41.1 Å². The molecule has 8 rings (SSSR count). The lowest BCUT2D eigenvalue weighted by Crippen LogP contribution is -2.45. The minimum absolute atomic E-state index is 0.0670. The highest BCUT2D eigenvalue weighted by atomic mass is 32.3. The van der Waals surface area contributed by atoms with Gasteiger partial charge in [0.05, 0.1) is 7.11 Å². The zero-order valence-corrected chi connectivity index (χ0v) is 42.8. The van der Waals surface area contributed by atoms with Gasteiger partial charge in [-0.2, -0.15) is 9.44 Å². The number of hydrogen-bond acceptors (Lipinski definition) is 13. The molecule has 4 atom stereocenters. The van der Waals surface area contributed by atoms with Crippen LogP contribution in [0, 0.1) is 0 Å². The van der Waals surface area contributed by atoms with Crippen molar-refractivity contribution in [1.29, 1.82) is 0 Å². The quantitative estimate of drug-likeness (QED) is 0.0905. The third-order valence-corrected chi connectivity index (χ3v) is 18.3. The summed E-state index contributed by atoms with van der Waals surface area (Å²) >= 11 is 2.24. The number of amides is 2. The highest BCUT2D eigenvalue weighted by molar-refractivity contribution is 7.92. The lowest BCUT2D eigenvalue weighted by atomic mass is 10.1. The van der Waals surface area contributed by atoms with Crippen LogP contribution in [0.2, 0.25) is 0 Å². The molecule has 16 nitrogen and oxygen atoms in total. The first-order valence-corrected chi connectivity index (χ1v) is 27.0. The number of carbonyl (C=O) groups is 4. The maximum absolute atomic E-state index is 13.3. The van der Waals surface area contributed by atoms with Gasteiger partial charge in [0.1, 0.15) is 30.7 Å². The number of carboxylic acids is 1. The molecule has 370 valence electrons. The Kier molecular flexibility index (Phi) is 14.8. The van der Waals surface area contributed by atoms with Crippen molar-refractivity contribution in [2.75, 3.05) is 33.3 Å². The Morgan fingerprint density at radius 2 is 1.01 bits per heavy atom. The van der Waals surface area contributed by atoms with E-state index in [1.165, 1.54) is 13.2 Å². The molecule has 0 saturated heterocycles. The zero-order valence-electron chi connectivity index (χ0n) is 39.5. The Hall–Kier alpha value is -5.38. The molecule has 2 fully saturated rings. The molecule has 20 heteroatoms. The second kappa shape index (κ2) is 19.8. The maximum Gasteiger partial charge on any atom is 0.410 e. The fraction of sp³-hybridized carbons (Fsp3) is 0.429. The number of esters is 1. The summed E-state index contributed by atoms with van der Waals surface area (Å²) in [5.74, 6) is -2.48. The van der Waals surface area contributed by atoms with E-state index in [4.69, 9.17) is 14.2 Å². The van der Waals surface area contributed by atoms with Gasteiger partial charge in [-0.3, -0.25) is 9.59 Å². The van der Waals surface area contributed by atoms with E-state index in [1.54, 1.807) is 28.0 Å². The number of carbonyl (C=O) groups excluding carboxylic acids is 3. The van der Waals surface area contributed by atoms with Crippen LogP contribution in [0.1, 0.15) is 99.9 Å². The van der Waals surface area contributed by atoms with Crippen LogP contribution < -0.4 is 9.44 Å². The second-order valence-electron chi connectivity index (χ2n) is 19.3. The number of nitrogens with zero attached hydrogens (tertiary/aromatic N) is 2. The van der Waals surface area contributed by atoms with E-state index in [0.717, 1.165) is 54.7 Å². The van der Waals surface area contributed by atoms with Crippen molar-refractivity contribution in [3.05, 3.63) is 118 Å². The van der Waals surface area contributed by atoms with Gasteiger partial charge < -0.3 is 29.1 Å². The van der Waals surface area contributed by atoms with E-state index in [-0.39, 0.29) is 32.9 Å². The van der Waals surface area contributed by atoms with Gasteiger partial charge in [0.15, 0.2) is 0 Å². The molecule has 2 aliphatic carbocycles. The normalized spacial score (nSPS) is 22.5. The molecule has 2 aromatic heterocycles. The Morgan fingerprint density at radius 1 is 0.623 bits per heavy atom. The summed E-state index contributed by atoms with van der Waals surface area (Å²) in [4.78, 5) is 54.0. The lowest BCUT2D eigenvalue weighted by molar-refractivity contribution is -0.144. The van der Waals surface area contributed by atoms with Crippen LogP contribution >= 0.6 is 22.7 Å². The number of carboxylic acid groups (broad SMARTS) is 1. The summed E-state index contributed by atoms with van der Waals surface area (Å²) in [6.07, 6.45) is 4.79. The van der Waals surface area contributed by atoms with Gasteiger partial charge in [0.2, 0.25) is 0 Å². The van der Waals surface area contributed by atoms with E-state index in [2.05, 4.69) is 9.44 Å². The summed E-state index contributed by atoms with van der Waals surface area (Å²) in [6.45, 7) is 12.7. The number of nitrogens with one attached hydrogen (secondary N) is 2. The molecule has 4 aromatic rings. The molecule has 2 aromatic carbocycles. The Morgan fingerprint density at radius 3 is 1.38 bits per heavy atom. The van der Waals surface area contributed by atoms with Crippen molar-refractivity contribution in [2.45, 2.75) is 110 Å². The number of hydrogen-bond donors (Lipinski definition) is 3. The topological polar surface area (TPSA) is 215 Å². The van der Waals surface area contributed by atoms with Crippen LogP contribution in [0.25, 0.3) is 11.1 Å². The van der Waals surface area contributed by atoms with Crippen LogP contribution in [-0.2, 0) is 43.8 Å². The molecule has 4 heterocycles. The summed E-state index contributed by atoms with van der Waals surface area (Å²) in [5, 5.41) is 9.82. The number of thiophene rings is 2. The molecule has 0 bridgehead atoms. The van der Waals surface area contributed by atoms with Gasteiger partial charge in [-0.25, -0.2) is 26.4 Å². The summed E-state index contributed by atoms with van der Waals surface area (Å²) in [5.41, 5.74) is -0.372. The van der Waals surface area contributed by atoms with E-state index >= 15 is 0 Å². The van der Waals surface area contributed by atoms with Gasteiger partial charge in [-0.15, -0.1) is 22.7 Å². The van der Waals surface area contributed by atoms with Gasteiger partial charge in [0.25, 0.3) is 20.0 Å². The van der Waals surface area contributed by atoms with Crippen LogP contribution in [0.15, 0.2) is 105 Å². The van der Waals surface area contributed by atoms with Crippen LogP contribution in [0.4, 0.5) is 9.59 Å². The number of rotatable bonds is 12. The van der Waals surface area contributed by atoms with Gasteiger partial charge in [-0.05, 0) is 114 Å². The van der Waals surface area contributed by atoms with Crippen LogP contribution in [0.3, 0.4) is 0 Å². The monoisotopic (exact) mass is 1020 g/mol. The fourth-order valence-corrected chi connectivity index (χ4v) is 13.8. The number of ether oxygens (including phenoxy) is 3. The molecule has 2 aliphatic heterocycles. The number of benzene rings is 2. The second-order valence-corrected chi connectivity index (χ2v) is 25.3. The minimum Gasteiger partial charge on any atom is -0.480 e. The summed E-state index contributed by atoms with van der Waals surface area (Å²) < 4.78 is 73.8.